The molecule has 0 amide bonds. The number of ketones is 2. The average molecular weight is 375 g/mol. The molecule has 4 N–H and O–H groups in total. The second-order valence-corrected chi connectivity index (χ2v) is 9.28. The number of allylic oxidation sites excluding steroid dienone is 4. The Hall–Kier alpha value is -1.34. The molecule has 0 unspecified atom stereocenters. The lowest BCUT2D eigenvalue weighted by atomic mass is 9.46. The lowest BCUT2D eigenvalue weighted by Crippen LogP contribution is -2.63. The third kappa shape index (κ3) is 2.27. The lowest BCUT2D eigenvalue weighted by molar-refractivity contribution is -0.194. The van der Waals surface area contributed by atoms with Crippen LogP contribution in [0.2, 0.25) is 0 Å². The molecule has 0 bridgehead atoms. The topological polar surface area (TPSA) is 110 Å². The van der Waals surface area contributed by atoms with Crippen molar-refractivity contribution in [2.24, 2.45) is 34.5 Å². The van der Waals surface area contributed by atoms with Gasteiger partial charge >= 0.3 is 0 Å². The number of fused-ring (bicyclic) bond motifs is 5. The van der Waals surface area contributed by atoms with E-state index in [4.69, 9.17) is 10.7 Å². The summed E-state index contributed by atoms with van der Waals surface area (Å²) in [4.78, 5) is 29.8. The molecule has 0 aromatic rings. The number of rotatable bonds is 3. The fraction of sp³-hybridized carbons (Fsp3) is 0.714. The molecular weight excluding hydrogens is 346 g/mol. The van der Waals surface area contributed by atoms with Crippen LogP contribution in [0.1, 0.15) is 46.0 Å². The van der Waals surface area contributed by atoms with Gasteiger partial charge in [-0.3, -0.25) is 14.4 Å². The summed E-state index contributed by atoms with van der Waals surface area (Å²) >= 11 is 0. The molecule has 0 aromatic heterocycles. The second-order valence-electron chi connectivity index (χ2n) is 9.28. The van der Waals surface area contributed by atoms with Crippen LogP contribution < -0.4 is 5.90 Å². The molecular formula is C21H29NO5. The SMILES string of the molecule is C[C@]12C=CC(=O)C=C1CC[C@@H]1[C@@H]2[C@@H](O)C[C@@]2(C)[C@H]1CC[C@]2(ON)C(=O)CO. The van der Waals surface area contributed by atoms with Gasteiger partial charge in [-0.25, -0.2) is 5.90 Å². The third-order valence-electron chi connectivity index (χ3n) is 8.41. The molecule has 0 aromatic carbocycles. The van der Waals surface area contributed by atoms with E-state index >= 15 is 0 Å². The minimum atomic E-state index is -1.24. The number of aliphatic hydroxyl groups is 2. The van der Waals surface area contributed by atoms with Crippen LogP contribution in [0.25, 0.3) is 0 Å². The van der Waals surface area contributed by atoms with Crippen molar-refractivity contribution >= 4 is 11.6 Å². The van der Waals surface area contributed by atoms with Gasteiger partial charge in [-0.1, -0.05) is 25.5 Å². The number of Topliss-reactive ketones (excluding diaryl/α,β-unsaturated/α-hetero) is 1. The summed E-state index contributed by atoms with van der Waals surface area (Å²) in [6, 6.07) is 0. The highest BCUT2D eigenvalue weighted by Crippen LogP contribution is 2.67. The van der Waals surface area contributed by atoms with E-state index in [2.05, 4.69) is 6.92 Å². The van der Waals surface area contributed by atoms with Crippen molar-refractivity contribution in [2.75, 3.05) is 6.61 Å². The van der Waals surface area contributed by atoms with Gasteiger partial charge in [0.05, 0.1) is 6.10 Å². The van der Waals surface area contributed by atoms with Gasteiger partial charge in [-0.05, 0) is 56.1 Å². The van der Waals surface area contributed by atoms with Crippen LogP contribution in [0, 0.1) is 28.6 Å². The highest BCUT2D eigenvalue weighted by atomic mass is 16.6. The van der Waals surface area contributed by atoms with Crippen molar-refractivity contribution < 1.29 is 24.6 Å². The Kier molecular flexibility index (Phi) is 4.28. The number of hydrogen-bond donors (Lipinski definition) is 3. The zero-order valence-electron chi connectivity index (χ0n) is 16.0. The molecule has 6 nitrogen and oxygen atoms in total. The highest BCUT2D eigenvalue weighted by Gasteiger charge is 2.69. The van der Waals surface area contributed by atoms with Crippen LogP contribution in [0.3, 0.4) is 0 Å². The molecule has 0 saturated heterocycles. The molecule has 3 saturated carbocycles. The van der Waals surface area contributed by atoms with E-state index in [1.54, 1.807) is 12.2 Å². The van der Waals surface area contributed by atoms with E-state index in [0.717, 1.165) is 24.8 Å². The number of carbonyl (C=O) groups is 2. The number of carbonyl (C=O) groups excluding carboxylic acids is 2. The molecule has 0 heterocycles. The molecule has 27 heavy (non-hydrogen) atoms. The van der Waals surface area contributed by atoms with Crippen molar-refractivity contribution in [1.29, 1.82) is 0 Å². The van der Waals surface area contributed by atoms with Gasteiger partial charge in [0.2, 0.25) is 0 Å². The first-order chi connectivity index (χ1) is 12.7. The molecule has 0 aliphatic heterocycles. The first-order valence-electron chi connectivity index (χ1n) is 9.88. The molecule has 4 rings (SSSR count). The van der Waals surface area contributed by atoms with Crippen LogP contribution in [0.5, 0.6) is 0 Å². The van der Waals surface area contributed by atoms with E-state index in [9.17, 15) is 19.8 Å². The number of hydrogen-bond acceptors (Lipinski definition) is 6. The van der Waals surface area contributed by atoms with Gasteiger partial charge in [0.1, 0.15) is 6.61 Å². The Morgan fingerprint density at radius 2 is 2.11 bits per heavy atom. The predicted molar refractivity (Wildman–Crippen MR) is 98.1 cm³/mol. The Balaban J connectivity index is 1.76. The van der Waals surface area contributed by atoms with E-state index in [1.807, 2.05) is 13.0 Å². The maximum atomic E-state index is 12.6. The zero-order chi connectivity index (χ0) is 19.6. The standard InChI is InChI=1S/C21H29NO5/c1-19-7-5-13(24)9-12(19)3-4-14-15-6-8-21(27-22,17(26)11-23)20(15,2)10-16(25)18(14)19/h5,7,9,14-16,18,23,25H,3-4,6,8,10-11,22H2,1-2H3/t14-,15-,16-,18+,19-,20-,21-/m0/s1. The molecule has 0 radical (unpaired) electrons. The van der Waals surface area contributed by atoms with Crippen LogP contribution in [0.4, 0.5) is 0 Å². The van der Waals surface area contributed by atoms with Crippen LogP contribution in [0.15, 0.2) is 23.8 Å². The smallest absolute Gasteiger partial charge is 0.192 e. The Bertz CT molecular complexity index is 745. The van der Waals surface area contributed by atoms with Gasteiger partial charge in [0, 0.05) is 16.7 Å². The van der Waals surface area contributed by atoms with E-state index in [-0.39, 0.29) is 29.0 Å². The predicted octanol–water partition coefficient (Wildman–Crippen LogP) is 1.46. The minimum absolute atomic E-state index is 0.00210. The summed E-state index contributed by atoms with van der Waals surface area (Å²) in [6.07, 6.45) is 8.01. The molecule has 6 heteroatoms. The van der Waals surface area contributed by atoms with Crippen molar-refractivity contribution in [3.63, 3.8) is 0 Å². The molecule has 7 atom stereocenters. The van der Waals surface area contributed by atoms with E-state index in [0.29, 0.717) is 12.8 Å². The number of aliphatic hydroxyl groups excluding tert-OH is 2. The second kappa shape index (κ2) is 6.08. The maximum Gasteiger partial charge on any atom is 0.192 e. The van der Waals surface area contributed by atoms with Crippen molar-refractivity contribution in [3.05, 3.63) is 23.8 Å². The minimum Gasteiger partial charge on any atom is -0.393 e. The summed E-state index contributed by atoms with van der Waals surface area (Å²) in [5.74, 6) is 5.63. The largest absolute Gasteiger partial charge is 0.393 e. The Morgan fingerprint density at radius 3 is 2.78 bits per heavy atom. The summed E-state index contributed by atoms with van der Waals surface area (Å²) in [7, 11) is 0. The van der Waals surface area contributed by atoms with Crippen LogP contribution >= 0.6 is 0 Å². The first kappa shape index (κ1) is 19.0. The zero-order valence-corrected chi connectivity index (χ0v) is 16.0. The Labute approximate surface area is 159 Å². The average Bonchev–Trinajstić information content (AvgIpc) is 2.94. The van der Waals surface area contributed by atoms with E-state index in [1.165, 1.54) is 0 Å². The Morgan fingerprint density at radius 1 is 1.37 bits per heavy atom. The van der Waals surface area contributed by atoms with Crippen molar-refractivity contribution in [3.8, 4) is 0 Å². The van der Waals surface area contributed by atoms with Gasteiger partial charge in [0.25, 0.3) is 0 Å². The van der Waals surface area contributed by atoms with Gasteiger partial charge < -0.3 is 10.2 Å². The van der Waals surface area contributed by atoms with Crippen LogP contribution in [-0.2, 0) is 14.4 Å². The summed E-state index contributed by atoms with van der Waals surface area (Å²) in [5.41, 5.74) is -1.10. The fourth-order valence-corrected chi connectivity index (χ4v) is 7.16. The highest BCUT2D eigenvalue weighted by molar-refractivity contribution is 6.01. The molecule has 148 valence electrons. The monoisotopic (exact) mass is 375 g/mol. The van der Waals surface area contributed by atoms with Crippen molar-refractivity contribution in [2.45, 2.75) is 57.7 Å². The molecule has 3 fully saturated rings. The van der Waals surface area contributed by atoms with Crippen LogP contribution in [-0.4, -0.2) is 40.1 Å². The maximum absolute atomic E-state index is 12.6. The van der Waals surface area contributed by atoms with Gasteiger partial charge in [-0.15, -0.1) is 0 Å². The fourth-order valence-electron chi connectivity index (χ4n) is 7.16. The summed E-state index contributed by atoms with van der Waals surface area (Å²) in [5, 5.41) is 20.8. The summed E-state index contributed by atoms with van der Waals surface area (Å²) in [6.45, 7) is 3.49. The lowest BCUT2D eigenvalue weighted by Gasteiger charge is -2.59. The van der Waals surface area contributed by atoms with Gasteiger partial charge in [0.15, 0.2) is 17.2 Å². The third-order valence-corrected chi connectivity index (χ3v) is 8.41. The van der Waals surface area contributed by atoms with Gasteiger partial charge in [-0.2, -0.15) is 0 Å². The number of nitrogens with two attached hydrogens (primary N) is 1. The molecule has 4 aliphatic carbocycles. The van der Waals surface area contributed by atoms with E-state index < -0.39 is 29.5 Å². The van der Waals surface area contributed by atoms with Crippen molar-refractivity contribution in [1.82, 2.24) is 0 Å². The molecule has 4 aliphatic rings. The first-order valence-corrected chi connectivity index (χ1v) is 9.88. The molecule has 0 spiro atoms. The normalized spacial score (nSPS) is 48.5. The quantitative estimate of drug-likeness (QED) is 0.644. The summed E-state index contributed by atoms with van der Waals surface area (Å²) < 4.78 is 0.